The molecule has 0 saturated heterocycles. The van der Waals surface area contributed by atoms with Crippen LogP contribution in [0.2, 0.25) is 0 Å². The molecule has 3 heteroatoms. The predicted molar refractivity (Wildman–Crippen MR) is 62.9 cm³/mol. The van der Waals surface area contributed by atoms with Crippen molar-refractivity contribution in [3.63, 3.8) is 0 Å². The molecule has 2 aromatic rings. The fraction of sp³-hybridized carbons (Fsp3) is 0.417. The van der Waals surface area contributed by atoms with Crippen molar-refractivity contribution in [2.24, 2.45) is 0 Å². The van der Waals surface area contributed by atoms with Gasteiger partial charge >= 0.3 is 0 Å². The lowest BCUT2D eigenvalue weighted by atomic mass is 10.1. The molecule has 1 aromatic heterocycles. The molecule has 2 N–H and O–H groups in total. The van der Waals surface area contributed by atoms with Gasteiger partial charge in [-0.1, -0.05) is 13.0 Å². The highest BCUT2D eigenvalue weighted by atomic mass is 15.0. The van der Waals surface area contributed by atoms with E-state index in [1.165, 1.54) is 5.56 Å². The second kappa shape index (κ2) is 4.03. The van der Waals surface area contributed by atoms with Crippen LogP contribution in [0.3, 0.4) is 0 Å². The molecular formula is C12H17N3. The molecule has 0 amide bonds. The van der Waals surface area contributed by atoms with E-state index < -0.39 is 0 Å². The van der Waals surface area contributed by atoms with Crippen LogP contribution in [0.1, 0.15) is 31.3 Å². The second-order valence-corrected chi connectivity index (χ2v) is 3.84. The van der Waals surface area contributed by atoms with Crippen LogP contribution in [-0.4, -0.2) is 17.0 Å². The summed E-state index contributed by atoms with van der Waals surface area (Å²) < 4.78 is 0. The van der Waals surface area contributed by atoms with Crippen LogP contribution < -0.4 is 5.32 Å². The number of hydrogen-bond acceptors (Lipinski definition) is 2. The third-order valence-corrected chi connectivity index (χ3v) is 2.82. The fourth-order valence-corrected chi connectivity index (χ4v) is 1.64. The minimum absolute atomic E-state index is 0.266. The Bertz CT molecular complexity index is 459. The third-order valence-electron chi connectivity index (χ3n) is 2.82. The summed E-state index contributed by atoms with van der Waals surface area (Å²) >= 11 is 0. The summed E-state index contributed by atoms with van der Waals surface area (Å²) in [5.41, 5.74) is 3.52. The number of benzene rings is 1. The van der Waals surface area contributed by atoms with E-state index in [4.69, 9.17) is 0 Å². The van der Waals surface area contributed by atoms with Gasteiger partial charge in [-0.15, -0.1) is 0 Å². The Hall–Kier alpha value is -1.35. The Balaban J connectivity index is 2.46. The molecule has 1 atom stereocenters. The largest absolute Gasteiger partial charge is 0.341 e. The van der Waals surface area contributed by atoms with Gasteiger partial charge in [-0.05, 0) is 38.1 Å². The van der Waals surface area contributed by atoms with Crippen LogP contribution in [0.25, 0.3) is 11.0 Å². The summed E-state index contributed by atoms with van der Waals surface area (Å²) in [4.78, 5) is 7.89. The molecule has 3 nitrogen and oxygen atoms in total. The van der Waals surface area contributed by atoms with Crippen molar-refractivity contribution >= 4 is 11.0 Å². The highest BCUT2D eigenvalue weighted by Crippen LogP contribution is 2.17. The molecule has 0 bridgehead atoms. The van der Waals surface area contributed by atoms with E-state index >= 15 is 0 Å². The van der Waals surface area contributed by atoms with Crippen LogP contribution >= 0.6 is 0 Å². The lowest BCUT2D eigenvalue weighted by Crippen LogP contribution is -2.13. The molecule has 1 aromatic carbocycles. The molecule has 1 heterocycles. The first-order valence-electron chi connectivity index (χ1n) is 5.40. The molecule has 2 rings (SSSR count). The van der Waals surface area contributed by atoms with Crippen molar-refractivity contribution in [2.45, 2.75) is 26.3 Å². The summed E-state index contributed by atoms with van der Waals surface area (Å²) in [5, 5.41) is 3.18. The van der Waals surface area contributed by atoms with Gasteiger partial charge in [0.2, 0.25) is 0 Å². The number of aryl methyl sites for hydroxylation is 1. The molecule has 0 saturated carbocycles. The molecule has 0 fully saturated rings. The van der Waals surface area contributed by atoms with Crippen molar-refractivity contribution in [3.8, 4) is 0 Å². The maximum atomic E-state index is 4.54. The number of fused-ring (bicyclic) bond motifs is 1. The van der Waals surface area contributed by atoms with E-state index in [2.05, 4.69) is 47.3 Å². The predicted octanol–water partition coefficient (Wildman–Crippen LogP) is 2.41. The van der Waals surface area contributed by atoms with E-state index in [9.17, 15) is 0 Å². The summed E-state index contributed by atoms with van der Waals surface area (Å²) in [6, 6.07) is 6.66. The number of nitrogens with one attached hydrogen (secondary N) is 2. The maximum Gasteiger partial charge on any atom is 0.124 e. The number of aromatic amines is 1. The highest BCUT2D eigenvalue weighted by Gasteiger charge is 2.08. The molecule has 0 spiro atoms. The van der Waals surface area contributed by atoms with Gasteiger partial charge in [-0.25, -0.2) is 4.98 Å². The molecule has 15 heavy (non-hydrogen) atoms. The van der Waals surface area contributed by atoms with Crippen LogP contribution in [0, 0.1) is 0 Å². The zero-order chi connectivity index (χ0) is 10.8. The Morgan fingerprint density at radius 2 is 2.27 bits per heavy atom. The summed E-state index contributed by atoms with van der Waals surface area (Å²) in [6.45, 7) is 4.26. The van der Waals surface area contributed by atoms with Crippen molar-refractivity contribution in [3.05, 3.63) is 29.6 Å². The first-order chi connectivity index (χ1) is 7.24. The molecule has 0 aliphatic heterocycles. The van der Waals surface area contributed by atoms with E-state index in [1.54, 1.807) is 0 Å². The SMILES string of the molecule is CCc1ccc2nc(C(C)NC)[nH]c2c1. The zero-order valence-corrected chi connectivity index (χ0v) is 9.46. The number of hydrogen-bond donors (Lipinski definition) is 2. The first-order valence-corrected chi connectivity index (χ1v) is 5.40. The van der Waals surface area contributed by atoms with Crippen LogP contribution in [-0.2, 0) is 6.42 Å². The molecule has 0 aliphatic rings. The van der Waals surface area contributed by atoms with E-state index in [1.807, 2.05) is 7.05 Å². The lowest BCUT2D eigenvalue weighted by molar-refractivity contribution is 0.620. The van der Waals surface area contributed by atoms with Gasteiger partial charge in [0.15, 0.2) is 0 Å². The van der Waals surface area contributed by atoms with Crippen molar-refractivity contribution in [1.82, 2.24) is 15.3 Å². The second-order valence-electron chi connectivity index (χ2n) is 3.84. The lowest BCUT2D eigenvalue weighted by Gasteiger charge is -2.04. The quantitative estimate of drug-likeness (QED) is 0.804. The third kappa shape index (κ3) is 1.88. The van der Waals surface area contributed by atoms with Crippen molar-refractivity contribution in [2.75, 3.05) is 7.05 Å². The Labute approximate surface area is 89.9 Å². The standard InChI is InChI=1S/C12H17N3/c1-4-9-5-6-10-11(7-9)15-12(14-10)8(2)13-3/h5-8,13H,4H2,1-3H3,(H,14,15). The molecule has 0 radical (unpaired) electrons. The van der Waals surface area contributed by atoms with Crippen LogP contribution in [0.5, 0.6) is 0 Å². The van der Waals surface area contributed by atoms with Crippen molar-refractivity contribution < 1.29 is 0 Å². The van der Waals surface area contributed by atoms with Gasteiger partial charge < -0.3 is 10.3 Å². The van der Waals surface area contributed by atoms with Gasteiger partial charge in [0.1, 0.15) is 5.82 Å². The Morgan fingerprint density at radius 3 is 2.93 bits per heavy atom. The average molecular weight is 203 g/mol. The highest BCUT2D eigenvalue weighted by molar-refractivity contribution is 5.75. The summed E-state index contributed by atoms with van der Waals surface area (Å²) in [6.07, 6.45) is 1.06. The topological polar surface area (TPSA) is 40.7 Å². The number of rotatable bonds is 3. The fourth-order valence-electron chi connectivity index (χ4n) is 1.64. The van der Waals surface area contributed by atoms with Gasteiger partial charge in [0.25, 0.3) is 0 Å². The smallest absolute Gasteiger partial charge is 0.124 e. The number of aromatic nitrogens is 2. The van der Waals surface area contributed by atoms with Gasteiger partial charge in [-0.3, -0.25) is 0 Å². The van der Waals surface area contributed by atoms with Gasteiger partial charge in [0.05, 0.1) is 17.1 Å². The molecule has 0 aliphatic carbocycles. The minimum Gasteiger partial charge on any atom is -0.341 e. The molecule has 80 valence electrons. The number of imidazole rings is 1. The number of H-pyrrole nitrogens is 1. The van der Waals surface area contributed by atoms with E-state index in [0.717, 1.165) is 23.3 Å². The Kier molecular flexibility index (Phi) is 2.73. The summed E-state index contributed by atoms with van der Waals surface area (Å²) in [5.74, 6) is 1.00. The normalized spacial score (nSPS) is 13.3. The van der Waals surface area contributed by atoms with Gasteiger partial charge in [-0.2, -0.15) is 0 Å². The van der Waals surface area contributed by atoms with E-state index in [-0.39, 0.29) is 6.04 Å². The van der Waals surface area contributed by atoms with E-state index in [0.29, 0.717) is 0 Å². The van der Waals surface area contributed by atoms with Crippen LogP contribution in [0.4, 0.5) is 0 Å². The average Bonchev–Trinajstić information content (AvgIpc) is 2.70. The first kappa shape index (κ1) is 10.2. The Morgan fingerprint density at radius 1 is 1.47 bits per heavy atom. The van der Waals surface area contributed by atoms with Gasteiger partial charge in [0, 0.05) is 0 Å². The molecular weight excluding hydrogens is 186 g/mol. The van der Waals surface area contributed by atoms with Crippen LogP contribution in [0.15, 0.2) is 18.2 Å². The van der Waals surface area contributed by atoms with Crippen molar-refractivity contribution in [1.29, 1.82) is 0 Å². The summed E-state index contributed by atoms with van der Waals surface area (Å²) in [7, 11) is 1.94. The number of nitrogens with zero attached hydrogens (tertiary/aromatic N) is 1. The maximum absolute atomic E-state index is 4.54. The monoisotopic (exact) mass is 203 g/mol. The molecule has 1 unspecified atom stereocenters. The zero-order valence-electron chi connectivity index (χ0n) is 9.46. The minimum atomic E-state index is 0.266.